The average Bonchev–Trinajstić information content (AvgIpc) is 2.41. The molecule has 0 aromatic carbocycles. The van der Waals surface area contributed by atoms with Crippen molar-refractivity contribution in [2.24, 2.45) is 5.41 Å². The Labute approximate surface area is 109 Å². The van der Waals surface area contributed by atoms with Crippen LogP contribution in [0.2, 0.25) is 0 Å². The van der Waals surface area contributed by atoms with E-state index in [1.807, 2.05) is 13.1 Å². The van der Waals surface area contributed by atoms with Gasteiger partial charge in [0.25, 0.3) is 0 Å². The minimum Gasteiger partial charge on any atom is -0.369 e. The van der Waals surface area contributed by atoms with Gasteiger partial charge in [0.1, 0.15) is 5.82 Å². The third-order valence-electron chi connectivity index (χ3n) is 3.77. The van der Waals surface area contributed by atoms with E-state index < -0.39 is 0 Å². The molecule has 5 nitrogen and oxygen atoms in total. The smallest absolute Gasteiger partial charge is 0.224 e. The number of aromatic nitrogens is 2. The number of hydrogen-bond acceptors (Lipinski definition) is 5. The van der Waals surface area contributed by atoms with Gasteiger partial charge in [-0.2, -0.15) is 4.98 Å². The number of rotatable bonds is 4. The van der Waals surface area contributed by atoms with Crippen LogP contribution in [0.1, 0.15) is 19.8 Å². The maximum absolute atomic E-state index is 4.38. The zero-order valence-corrected chi connectivity index (χ0v) is 11.5. The van der Waals surface area contributed by atoms with Gasteiger partial charge in [0.05, 0.1) is 0 Å². The summed E-state index contributed by atoms with van der Waals surface area (Å²) in [4.78, 5) is 10.9. The highest BCUT2D eigenvalue weighted by molar-refractivity contribution is 5.39. The fourth-order valence-electron chi connectivity index (χ4n) is 2.22. The van der Waals surface area contributed by atoms with Gasteiger partial charge in [0.2, 0.25) is 5.95 Å². The number of anilines is 2. The van der Waals surface area contributed by atoms with E-state index >= 15 is 0 Å². The molecule has 1 aliphatic heterocycles. The van der Waals surface area contributed by atoms with Crippen molar-refractivity contribution in [2.45, 2.75) is 19.8 Å². The van der Waals surface area contributed by atoms with Gasteiger partial charge in [0, 0.05) is 19.8 Å². The van der Waals surface area contributed by atoms with E-state index in [2.05, 4.69) is 39.5 Å². The van der Waals surface area contributed by atoms with E-state index in [0.29, 0.717) is 11.4 Å². The maximum atomic E-state index is 4.38. The summed E-state index contributed by atoms with van der Waals surface area (Å²) < 4.78 is 0. The normalized spacial score (nSPS) is 19.5. The third-order valence-corrected chi connectivity index (χ3v) is 3.77. The van der Waals surface area contributed by atoms with Crippen LogP contribution in [0, 0.1) is 5.41 Å². The summed E-state index contributed by atoms with van der Waals surface area (Å²) in [5, 5.41) is 6.39. The lowest BCUT2D eigenvalue weighted by Gasteiger charge is -2.38. The molecule has 0 spiro atoms. The van der Waals surface area contributed by atoms with Gasteiger partial charge in [-0.25, -0.2) is 4.98 Å². The zero-order chi connectivity index (χ0) is 13.0. The molecule has 0 amide bonds. The number of piperidine rings is 1. The van der Waals surface area contributed by atoms with E-state index in [1.54, 1.807) is 6.20 Å². The molecule has 100 valence electrons. The maximum Gasteiger partial charge on any atom is 0.224 e. The summed E-state index contributed by atoms with van der Waals surface area (Å²) >= 11 is 0. The van der Waals surface area contributed by atoms with Crippen molar-refractivity contribution in [3.05, 3.63) is 12.3 Å². The minimum absolute atomic E-state index is 0.372. The molecule has 0 atom stereocenters. The standard InChI is InChI=1S/C13H23N5/c1-13(5-8-18(3)9-6-13)10-16-11-4-7-15-12(14-2)17-11/h4,7H,5-6,8-10H2,1-3H3,(H2,14,15,16,17). The highest BCUT2D eigenvalue weighted by Crippen LogP contribution is 2.30. The molecule has 18 heavy (non-hydrogen) atoms. The van der Waals surface area contributed by atoms with Crippen molar-refractivity contribution in [3.63, 3.8) is 0 Å². The van der Waals surface area contributed by atoms with Crippen LogP contribution in [0.25, 0.3) is 0 Å². The predicted molar refractivity (Wildman–Crippen MR) is 74.9 cm³/mol. The molecule has 1 aliphatic rings. The first-order valence-corrected chi connectivity index (χ1v) is 6.54. The van der Waals surface area contributed by atoms with Gasteiger partial charge in [0.15, 0.2) is 0 Å². The second kappa shape index (κ2) is 5.52. The number of likely N-dealkylation sites (tertiary alicyclic amines) is 1. The van der Waals surface area contributed by atoms with Gasteiger partial charge >= 0.3 is 0 Å². The van der Waals surface area contributed by atoms with Crippen molar-refractivity contribution in [1.29, 1.82) is 0 Å². The summed E-state index contributed by atoms with van der Waals surface area (Å²) in [6.07, 6.45) is 4.25. The highest BCUT2D eigenvalue weighted by atomic mass is 15.1. The van der Waals surface area contributed by atoms with E-state index in [1.165, 1.54) is 25.9 Å². The predicted octanol–water partition coefficient (Wildman–Crippen LogP) is 1.66. The summed E-state index contributed by atoms with van der Waals surface area (Å²) in [6, 6.07) is 1.92. The van der Waals surface area contributed by atoms with Crippen molar-refractivity contribution in [1.82, 2.24) is 14.9 Å². The SMILES string of the molecule is CNc1nccc(NCC2(C)CCN(C)CC2)n1. The van der Waals surface area contributed by atoms with Gasteiger partial charge in [-0.15, -0.1) is 0 Å². The van der Waals surface area contributed by atoms with Crippen LogP contribution in [0.5, 0.6) is 0 Å². The van der Waals surface area contributed by atoms with Crippen molar-refractivity contribution in [3.8, 4) is 0 Å². The molecule has 1 aromatic heterocycles. The lowest BCUT2D eigenvalue weighted by Crippen LogP contribution is -2.40. The van der Waals surface area contributed by atoms with Crippen molar-refractivity contribution in [2.75, 3.05) is 44.4 Å². The highest BCUT2D eigenvalue weighted by Gasteiger charge is 2.28. The summed E-state index contributed by atoms with van der Waals surface area (Å²) in [7, 11) is 4.02. The largest absolute Gasteiger partial charge is 0.369 e. The molecule has 1 saturated heterocycles. The molecule has 2 heterocycles. The minimum atomic E-state index is 0.372. The Balaban J connectivity index is 1.90. The van der Waals surface area contributed by atoms with Crippen LogP contribution >= 0.6 is 0 Å². The Morgan fingerprint density at radius 3 is 2.78 bits per heavy atom. The molecule has 0 radical (unpaired) electrons. The van der Waals surface area contributed by atoms with Crippen LogP contribution in [-0.2, 0) is 0 Å². The molecule has 2 N–H and O–H groups in total. The Morgan fingerprint density at radius 2 is 2.11 bits per heavy atom. The topological polar surface area (TPSA) is 53.1 Å². The summed E-state index contributed by atoms with van der Waals surface area (Å²) in [5.41, 5.74) is 0.372. The average molecular weight is 249 g/mol. The second-order valence-electron chi connectivity index (χ2n) is 5.48. The van der Waals surface area contributed by atoms with E-state index in [0.717, 1.165) is 12.4 Å². The lowest BCUT2D eigenvalue weighted by molar-refractivity contribution is 0.150. The molecule has 0 bridgehead atoms. The molecule has 0 aliphatic carbocycles. The Morgan fingerprint density at radius 1 is 1.39 bits per heavy atom. The van der Waals surface area contributed by atoms with Crippen molar-refractivity contribution >= 4 is 11.8 Å². The Kier molecular flexibility index (Phi) is 4.01. The zero-order valence-electron chi connectivity index (χ0n) is 11.5. The quantitative estimate of drug-likeness (QED) is 0.850. The Hall–Kier alpha value is -1.36. The van der Waals surface area contributed by atoms with Crippen LogP contribution < -0.4 is 10.6 Å². The molecule has 1 aromatic rings. The number of hydrogen-bond donors (Lipinski definition) is 2. The van der Waals surface area contributed by atoms with Crippen LogP contribution in [0.3, 0.4) is 0 Å². The van der Waals surface area contributed by atoms with E-state index in [9.17, 15) is 0 Å². The second-order valence-corrected chi connectivity index (χ2v) is 5.48. The first-order chi connectivity index (χ1) is 8.61. The first kappa shape index (κ1) is 13.1. The molecule has 2 rings (SSSR count). The van der Waals surface area contributed by atoms with Crippen molar-refractivity contribution < 1.29 is 0 Å². The van der Waals surface area contributed by atoms with E-state index in [-0.39, 0.29) is 0 Å². The lowest BCUT2D eigenvalue weighted by atomic mass is 9.80. The molecule has 0 saturated carbocycles. The number of nitrogens with one attached hydrogen (secondary N) is 2. The molecule has 0 unspecified atom stereocenters. The van der Waals surface area contributed by atoms with Gasteiger partial charge < -0.3 is 15.5 Å². The monoisotopic (exact) mass is 249 g/mol. The molecule has 1 fully saturated rings. The van der Waals surface area contributed by atoms with Gasteiger partial charge in [-0.05, 0) is 44.5 Å². The molecular formula is C13H23N5. The fourth-order valence-corrected chi connectivity index (χ4v) is 2.22. The van der Waals surface area contributed by atoms with E-state index in [4.69, 9.17) is 0 Å². The molecular weight excluding hydrogens is 226 g/mol. The van der Waals surface area contributed by atoms with Crippen LogP contribution in [-0.4, -0.2) is 48.6 Å². The molecule has 5 heteroatoms. The van der Waals surface area contributed by atoms with Gasteiger partial charge in [-0.1, -0.05) is 6.92 Å². The Bertz CT molecular complexity index is 385. The first-order valence-electron chi connectivity index (χ1n) is 6.54. The summed E-state index contributed by atoms with van der Waals surface area (Å²) in [5.74, 6) is 1.56. The fraction of sp³-hybridized carbons (Fsp3) is 0.692. The van der Waals surface area contributed by atoms with Crippen LogP contribution in [0.15, 0.2) is 12.3 Å². The summed E-state index contributed by atoms with van der Waals surface area (Å²) in [6.45, 7) is 5.70. The number of nitrogens with zero attached hydrogens (tertiary/aromatic N) is 3. The van der Waals surface area contributed by atoms with Crippen LogP contribution in [0.4, 0.5) is 11.8 Å². The van der Waals surface area contributed by atoms with Gasteiger partial charge in [-0.3, -0.25) is 0 Å². The third kappa shape index (κ3) is 3.32.